The molecule has 36 heavy (non-hydrogen) atoms. The van der Waals surface area contributed by atoms with Crippen molar-refractivity contribution in [2.75, 3.05) is 13.2 Å². The maximum atomic E-state index is 13.6. The Kier molecular flexibility index (Phi) is 10.2. The van der Waals surface area contributed by atoms with Crippen molar-refractivity contribution in [1.29, 1.82) is 0 Å². The molecule has 0 saturated heterocycles. The topological polar surface area (TPSA) is 58.6 Å². The minimum absolute atomic E-state index is 0.180. The van der Waals surface area contributed by atoms with E-state index in [4.69, 9.17) is 27.9 Å². The molecule has 3 aromatic carbocycles. The Bertz CT molecular complexity index is 1170. The predicted octanol–water partition coefficient (Wildman–Crippen LogP) is 6.09. The lowest BCUT2D eigenvalue weighted by Gasteiger charge is -2.32. The highest BCUT2D eigenvalue weighted by molar-refractivity contribution is 6.42. The third-order valence-electron chi connectivity index (χ3n) is 5.74. The van der Waals surface area contributed by atoms with Gasteiger partial charge in [0.25, 0.3) is 5.91 Å². The zero-order valence-electron chi connectivity index (χ0n) is 20.8. The summed E-state index contributed by atoms with van der Waals surface area (Å²) in [6.45, 7) is 6.47. The number of hydrogen-bond acceptors (Lipinski definition) is 3. The van der Waals surface area contributed by atoms with Gasteiger partial charge in [0.05, 0.1) is 10.0 Å². The summed E-state index contributed by atoms with van der Waals surface area (Å²) < 4.78 is 5.87. The molecule has 2 amide bonds. The monoisotopic (exact) mass is 526 g/mol. The summed E-state index contributed by atoms with van der Waals surface area (Å²) in [6.07, 6.45) is 0.363. The van der Waals surface area contributed by atoms with Crippen LogP contribution in [0, 0.1) is 12.8 Å². The van der Waals surface area contributed by atoms with Crippen LogP contribution < -0.4 is 10.1 Å². The lowest BCUT2D eigenvalue weighted by Crippen LogP contribution is -2.52. The molecule has 0 radical (unpaired) electrons. The summed E-state index contributed by atoms with van der Waals surface area (Å²) in [5.74, 6) is 0.390. The fourth-order valence-corrected chi connectivity index (χ4v) is 4.07. The first-order valence-electron chi connectivity index (χ1n) is 12.0. The van der Waals surface area contributed by atoms with Gasteiger partial charge in [0.2, 0.25) is 5.91 Å². The Balaban J connectivity index is 1.93. The van der Waals surface area contributed by atoms with Crippen molar-refractivity contribution >= 4 is 35.0 Å². The SMILES string of the molecule is Cc1ccccc1OCC(=O)N(Cc1ccc(Cl)c(Cl)c1)[C@@H](Cc1ccccc1)C(=O)NCC(C)C. The van der Waals surface area contributed by atoms with Gasteiger partial charge in [0.1, 0.15) is 11.8 Å². The fourth-order valence-electron chi connectivity index (χ4n) is 3.75. The van der Waals surface area contributed by atoms with E-state index in [0.29, 0.717) is 28.8 Å². The van der Waals surface area contributed by atoms with Gasteiger partial charge in [-0.2, -0.15) is 0 Å². The molecule has 0 unspecified atom stereocenters. The number of benzene rings is 3. The van der Waals surface area contributed by atoms with Crippen LogP contribution in [0.1, 0.15) is 30.5 Å². The van der Waals surface area contributed by atoms with Crippen molar-refractivity contribution < 1.29 is 14.3 Å². The number of para-hydroxylation sites is 1. The van der Waals surface area contributed by atoms with Gasteiger partial charge < -0.3 is 15.0 Å². The molecule has 0 aliphatic heterocycles. The number of rotatable bonds is 11. The number of carbonyl (C=O) groups excluding carboxylic acids is 2. The second-order valence-corrected chi connectivity index (χ2v) is 9.98. The lowest BCUT2D eigenvalue weighted by atomic mass is 10.0. The number of ether oxygens (including phenoxy) is 1. The van der Waals surface area contributed by atoms with Crippen LogP contribution >= 0.6 is 23.2 Å². The minimum atomic E-state index is -0.742. The van der Waals surface area contributed by atoms with Gasteiger partial charge in [-0.05, 0) is 47.7 Å². The van der Waals surface area contributed by atoms with Gasteiger partial charge in [-0.3, -0.25) is 9.59 Å². The normalized spacial score (nSPS) is 11.7. The molecular formula is C29H32Cl2N2O3. The zero-order valence-corrected chi connectivity index (χ0v) is 22.4. The summed E-state index contributed by atoms with van der Waals surface area (Å²) in [4.78, 5) is 28.6. The Hall–Kier alpha value is -3.02. The molecule has 0 fully saturated rings. The zero-order chi connectivity index (χ0) is 26.1. The Labute approximate surface area is 223 Å². The summed E-state index contributed by atoms with van der Waals surface area (Å²) in [5, 5.41) is 3.82. The van der Waals surface area contributed by atoms with Crippen LogP contribution in [0.15, 0.2) is 72.8 Å². The van der Waals surface area contributed by atoms with E-state index in [1.165, 1.54) is 0 Å². The second-order valence-electron chi connectivity index (χ2n) is 9.17. The first kappa shape index (κ1) is 27.6. The van der Waals surface area contributed by atoms with Crippen LogP contribution in [0.4, 0.5) is 0 Å². The molecule has 190 valence electrons. The quantitative estimate of drug-likeness (QED) is 0.328. The largest absolute Gasteiger partial charge is 0.484 e. The number of nitrogens with zero attached hydrogens (tertiary/aromatic N) is 1. The lowest BCUT2D eigenvalue weighted by molar-refractivity contribution is -0.142. The summed E-state index contributed by atoms with van der Waals surface area (Å²) in [7, 11) is 0. The molecule has 0 aliphatic rings. The second kappa shape index (κ2) is 13.3. The van der Waals surface area contributed by atoms with E-state index in [0.717, 1.165) is 16.7 Å². The summed E-state index contributed by atoms with van der Waals surface area (Å²) in [6, 6.07) is 21.7. The maximum Gasteiger partial charge on any atom is 0.261 e. The van der Waals surface area contributed by atoms with E-state index in [-0.39, 0.29) is 30.9 Å². The average molecular weight is 527 g/mol. The Morgan fingerprint density at radius 2 is 1.61 bits per heavy atom. The molecule has 7 heteroatoms. The van der Waals surface area contributed by atoms with Crippen LogP contribution in [0.2, 0.25) is 10.0 Å². The third-order valence-corrected chi connectivity index (χ3v) is 6.48. The number of hydrogen-bond donors (Lipinski definition) is 1. The van der Waals surface area contributed by atoms with E-state index in [2.05, 4.69) is 5.32 Å². The molecule has 3 aromatic rings. The number of nitrogens with one attached hydrogen (secondary N) is 1. The van der Waals surface area contributed by atoms with Crippen LogP contribution in [-0.2, 0) is 22.6 Å². The predicted molar refractivity (Wildman–Crippen MR) is 145 cm³/mol. The molecule has 1 atom stereocenters. The molecule has 1 N–H and O–H groups in total. The van der Waals surface area contributed by atoms with Gasteiger partial charge in [-0.25, -0.2) is 0 Å². The molecule has 0 spiro atoms. The van der Waals surface area contributed by atoms with E-state index in [1.807, 2.05) is 81.4 Å². The van der Waals surface area contributed by atoms with Gasteiger partial charge in [-0.15, -0.1) is 0 Å². The highest BCUT2D eigenvalue weighted by Gasteiger charge is 2.31. The van der Waals surface area contributed by atoms with Crippen LogP contribution in [0.25, 0.3) is 0 Å². The van der Waals surface area contributed by atoms with Crippen LogP contribution in [0.5, 0.6) is 5.75 Å². The molecule has 3 rings (SSSR count). The average Bonchev–Trinajstić information content (AvgIpc) is 2.86. The van der Waals surface area contributed by atoms with Crippen molar-refractivity contribution in [2.24, 2.45) is 5.92 Å². The number of halogens is 2. The van der Waals surface area contributed by atoms with Crippen molar-refractivity contribution in [3.8, 4) is 5.75 Å². The van der Waals surface area contributed by atoms with Gasteiger partial charge in [0.15, 0.2) is 6.61 Å². The summed E-state index contributed by atoms with van der Waals surface area (Å²) in [5.41, 5.74) is 2.65. The fraction of sp³-hybridized carbons (Fsp3) is 0.310. The van der Waals surface area contributed by atoms with Gasteiger partial charge >= 0.3 is 0 Å². The van der Waals surface area contributed by atoms with E-state index in [9.17, 15) is 9.59 Å². The molecule has 0 bridgehead atoms. The molecule has 0 aromatic heterocycles. The molecule has 0 heterocycles. The standard InChI is InChI=1S/C29H32Cl2N2O3/c1-20(2)17-32-29(35)26(16-22-10-5-4-6-11-22)33(18-23-13-14-24(30)25(31)15-23)28(34)19-36-27-12-8-7-9-21(27)3/h4-15,20,26H,16-19H2,1-3H3,(H,32,35)/t26-/m0/s1. The van der Waals surface area contributed by atoms with E-state index < -0.39 is 6.04 Å². The molecule has 0 aliphatic carbocycles. The summed E-state index contributed by atoms with van der Waals surface area (Å²) >= 11 is 12.4. The third kappa shape index (κ3) is 8.00. The minimum Gasteiger partial charge on any atom is -0.484 e. The first-order valence-corrected chi connectivity index (χ1v) is 12.7. The Morgan fingerprint density at radius 1 is 0.917 bits per heavy atom. The van der Waals surface area contributed by atoms with Crippen LogP contribution in [-0.4, -0.2) is 35.9 Å². The number of carbonyl (C=O) groups is 2. The first-order chi connectivity index (χ1) is 17.2. The molecule has 0 saturated carbocycles. The van der Waals surface area contributed by atoms with Crippen LogP contribution in [0.3, 0.4) is 0 Å². The van der Waals surface area contributed by atoms with E-state index >= 15 is 0 Å². The van der Waals surface area contributed by atoms with Crippen molar-refractivity contribution in [3.05, 3.63) is 99.5 Å². The van der Waals surface area contributed by atoms with Gasteiger partial charge in [0, 0.05) is 19.5 Å². The Morgan fingerprint density at radius 3 is 2.28 bits per heavy atom. The van der Waals surface area contributed by atoms with E-state index in [1.54, 1.807) is 17.0 Å². The highest BCUT2D eigenvalue weighted by atomic mass is 35.5. The van der Waals surface area contributed by atoms with Crippen molar-refractivity contribution in [1.82, 2.24) is 10.2 Å². The van der Waals surface area contributed by atoms with Gasteiger partial charge in [-0.1, -0.05) is 91.6 Å². The molecule has 5 nitrogen and oxygen atoms in total. The van der Waals surface area contributed by atoms with Crippen molar-refractivity contribution in [2.45, 2.75) is 39.8 Å². The smallest absolute Gasteiger partial charge is 0.261 e. The number of aryl methyl sites for hydroxylation is 1. The number of amides is 2. The van der Waals surface area contributed by atoms with Crippen molar-refractivity contribution in [3.63, 3.8) is 0 Å². The maximum absolute atomic E-state index is 13.6. The molecular weight excluding hydrogens is 495 g/mol. The highest BCUT2D eigenvalue weighted by Crippen LogP contribution is 2.24.